The van der Waals surface area contributed by atoms with Gasteiger partial charge in [0.05, 0.1) is 6.04 Å². The van der Waals surface area contributed by atoms with Crippen molar-refractivity contribution in [3.63, 3.8) is 0 Å². The first-order chi connectivity index (χ1) is 15.1. The summed E-state index contributed by atoms with van der Waals surface area (Å²) in [6, 6.07) is 17.2. The molecule has 0 radical (unpaired) electrons. The Morgan fingerprint density at radius 3 is 2.61 bits per heavy atom. The van der Waals surface area contributed by atoms with Crippen molar-refractivity contribution in [3.05, 3.63) is 83.1 Å². The van der Waals surface area contributed by atoms with E-state index in [2.05, 4.69) is 59.7 Å². The molecule has 0 aliphatic carbocycles. The Morgan fingerprint density at radius 1 is 1.03 bits per heavy atom. The fourth-order valence-corrected chi connectivity index (χ4v) is 5.26. The van der Waals surface area contributed by atoms with E-state index in [0.717, 1.165) is 30.5 Å². The normalized spacial score (nSPS) is 26.0. The Bertz CT molecular complexity index is 1010. The molecule has 0 bridgehead atoms. The number of nitrogens with zero attached hydrogens (tertiary/aromatic N) is 1. The summed E-state index contributed by atoms with van der Waals surface area (Å²) >= 11 is 0. The van der Waals surface area contributed by atoms with Crippen LogP contribution < -0.4 is 10.6 Å². The van der Waals surface area contributed by atoms with Gasteiger partial charge in [0.15, 0.2) is 0 Å². The number of hydrogen-bond acceptors (Lipinski definition) is 3. The second kappa shape index (κ2) is 8.31. The standard InChI is InChI=1S/C26H29N3O2/c1-17-24(11-12-25(30)28-17)29-16-21-14-20(8-9-22(21)26(29)31)23-10-7-19(15-27-23)13-18-5-3-2-4-6-18/h2-6,8-9,14,19,23-24,27H,1,7,10-13,15-16H2,(H,28,30). The topological polar surface area (TPSA) is 61.4 Å². The van der Waals surface area contributed by atoms with E-state index >= 15 is 0 Å². The first-order valence-corrected chi connectivity index (χ1v) is 11.3. The fraction of sp³-hybridized carbons (Fsp3) is 0.385. The minimum atomic E-state index is -0.118. The van der Waals surface area contributed by atoms with E-state index in [0.29, 0.717) is 37.0 Å². The molecule has 0 saturated carbocycles. The second-order valence-corrected chi connectivity index (χ2v) is 9.07. The number of hydrogen-bond donors (Lipinski definition) is 2. The smallest absolute Gasteiger partial charge is 0.255 e. The molecular formula is C26H29N3O2. The van der Waals surface area contributed by atoms with Crippen molar-refractivity contribution in [2.75, 3.05) is 6.54 Å². The number of nitrogens with one attached hydrogen (secondary N) is 2. The Morgan fingerprint density at radius 2 is 1.87 bits per heavy atom. The Hall–Kier alpha value is -2.92. The minimum Gasteiger partial charge on any atom is -0.328 e. The van der Waals surface area contributed by atoms with Crippen LogP contribution in [0.3, 0.4) is 0 Å². The van der Waals surface area contributed by atoms with Gasteiger partial charge in [0, 0.05) is 30.3 Å². The van der Waals surface area contributed by atoms with Gasteiger partial charge in [0.2, 0.25) is 5.91 Å². The van der Waals surface area contributed by atoms with Gasteiger partial charge in [0.25, 0.3) is 5.91 Å². The number of benzene rings is 2. The lowest BCUT2D eigenvalue weighted by molar-refractivity contribution is -0.121. The molecule has 2 amide bonds. The van der Waals surface area contributed by atoms with Crippen LogP contribution in [0.5, 0.6) is 0 Å². The van der Waals surface area contributed by atoms with Gasteiger partial charge < -0.3 is 15.5 Å². The van der Waals surface area contributed by atoms with Gasteiger partial charge in [-0.2, -0.15) is 0 Å². The quantitative estimate of drug-likeness (QED) is 0.800. The molecule has 5 heteroatoms. The predicted octanol–water partition coefficient (Wildman–Crippen LogP) is 3.72. The zero-order chi connectivity index (χ0) is 21.4. The highest BCUT2D eigenvalue weighted by molar-refractivity contribution is 5.99. The molecule has 2 aromatic carbocycles. The van der Waals surface area contributed by atoms with Crippen LogP contribution in [0, 0.1) is 5.92 Å². The summed E-state index contributed by atoms with van der Waals surface area (Å²) in [5, 5.41) is 6.54. The van der Waals surface area contributed by atoms with Gasteiger partial charge in [0.1, 0.15) is 0 Å². The molecule has 2 saturated heterocycles. The molecule has 160 valence electrons. The second-order valence-electron chi connectivity index (χ2n) is 9.07. The van der Waals surface area contributed by atoms with E-state index in [-0.39, 0.29) is 17.9 Å². The van der Waals surface area contributed by atoms with E-state index < -0.39 is 0 Å². The van der Waals surface area contributed by atoms with E-state index in [9.17, 15) is 9.59 Å². The molecule has 5 nitrogen and oxygen atoms in total. The van der Waals surface area contributed by atoms with Crippen LogP contribution in [-0.2, 0) is 17.8 Å². The van der Waals surface area contributed by atoms with Crippen LogP contribution in [0.25, 0.3) is 0 Å². The molecule has 2 aromatic rings. The third-order valence-corrected chi connectivity index (χ3v) is 6.97. The number of carbonyl (C=O) groups excluding carboxylic acids is 2. The van der Waals surface area contributed by atoms with Crippen molar-refractivity contribution in [3.8, 4) is 0 Å². The molecular weight excluding hydrogens is 386 g/mol. The van der Waals surface area contributed by atoms with Crippen molar-refractivity contribution in [1.82, 2.24) is 15.5 Å². The summed E-state index contributed by atoms with van der Waals surface area (Å²) in [4.78, 5) is 26.4. The molecule has 3 unspecified atom stereocenters. The highest BCUT2D eigenvalue weighted by Gasteiger charge is 2.36. The van der Waals surface area contributed by atoms with Crippen LogP contribution in [0.1, 0.15) is 58.8 Å². The molecule has 3 atom stereocenters. The minimum absolute atomic E-state index is 0.0124. The molecule has 5 rings (SSSR count). The largest absolute Gasteiger partial charge is 0.328 e. The van der Waals surface area contributed by atoms with Crippen molar-refractivity contribution >= 4 is 11.8 Å². The number of fused-ring (bicyclic) bond motifs is 1. The lowest BCUT2D eigenvalue weighted by Crippen LogP contribution is -2.45. The number of piperidine rings is 2. The van der Waals surface area contributed by atoms with Crippen LogP contribution in [0.4, 0.5) is 0 Å². The third kappa shape index (κ3) is 4.02. The summed E-state index contributed by atoms with van der Waals surface area (Å²) < 4.78 is 0. The van der Waals surface area contributed by atoms with Crippen LogP contribution in [0.2, 0.25) is 0 Å². The molecule has 3 aliphatic heterocycles. The van der Waals surface area contributed by atoms with Crippen LogP contribution >= 0.6 is 0 Å². The van der Waals surface area contributed by atoms with Crippen LogP contribution in [-0.4, -0.2) is 29.3 Å². The monoisotopic (exact) mass is 415 g/mol. The molecule has 2 fully saturated rings. The Kier molecular flexibility index (Phi) is 5.36. The highest BCUT2D eigenvalue weighted by atomic mass is 16.2. The first kappa shape index (κ1) is 20.0. The molecule has 3 heterocycles. The lowest BCUT2D eigenvalue weighted by atomic mass is 9.86. The highest BCUT2D eigenvalue weighted by Crippen LogP contribution is 2.33. The van der Waals surface area contributed by atoms with Gasteiger partial charge in [-0.3, -0.25) is 9.59 Å². The zero-order valence-electron chi connectivity index (χ0n) is 17.8. The van der Waals surface area contributed by atoms with Gasteiger partial charge in [-0.1, -0.05) is 49.0 Å². The maximum Gasteiger partial charge on any atom is 0.255 e. The molecule has 0 aromatic heterocycles. The summed E-state index contributed by atoms with van der Waals surface area (Å²) in [6.45, 7) is 5.59. The fourth-order valence-electron chi connectivity index (χ4n) is 5.26. The van der Waals surface area contributed by atoms with Crippen molar-refractivity contribution < 1.29 is 9.59 Å². The van der Waals surface area contributed by atoms with E-state index in [1.54, 1.807) is 0 Å². The molecule has 3 aliphatic rings. The van der Waals surface area contributed by atoms with Gasteiger partial charge >= 0.3 is 0 Å². The molecule has 2 N–H and O–H groups in total. The molecule has 31 heavy (non-hydrogen) atoms. The summed E-state index contributed by atoms with van der Waals surface area (Å²) in [7, 11) is 0. The van der Waals surface area contributed by atoms with Crippen molar-refractivity contribution in [2.45, 2.75) is 50.7 Å². The summed E-state index contributed by atoms with van der Waals surface area (Å²) in [6.07, 6.45) is 4.52. The number of carbonyl (C=O) groups is 2. The number of amides is 2. The number of rotatable bonds is 4. The third-order valence-electron chi connectivity index (χ3n) is 6.97. The average Bonchev–Trinajstić information content (AvgIpc) is 3.10. The van der Waals surface area contributed by atoms with E-state index in [1.807, 2.05) is 11.0 Å². The SMILES string of the molecule is C=C1NC(=O)CCC1N1Cc2cc(C3CCC(Cc4ccccc4)CN3)ccc2C1=O. The maximum absolute atomic E-state index is 13.0. The summed E-state index contributed by atoms with van der Waals surface area (Å²) in [5.74, 6) is 0.697. The average molecular weight is 416 g/mol. The van der Waals surface area contributed by atoms with Crippen molar-refractivity contribution in [2.24, 2.45) is 5.92 Å². The Labute approximate surface area is 183 Å². The predicted molar refractivity (Wildman–Crippen MR) is 120 cm³/mol. The van der Waals surface area contributed by atoms with E-state index in [1.165, 1.54) is 17.5 Å². The lowest BCUT2D eigenvalue weighted by Gasteiger charge is -2.32. The van der Waals surface area contributed by atoms with Crippen LogP contribution in [0.15, 0.2) is 60.8 Å². The first-order valence-electron chi connectivity index (χ1n) is 11.3. The zero-order valence-corrected chi connectivity index (χ0v) is 17.8. The van der Waals surface area contributed by atoms with Gasteiger partial charge in [-0.15, -0.1) is 0 Å². The summed E-state index contributed by atoms with van der Waals surface area (Å²) in [5.41, 5.74) is 5.18. The van der Waals surface area contributed by atoms with Gasteiger partial charge in [-0.25, -0.2) is 0 Å². The molecule has 0 spiro atoms. The Balaban J connectivity index is 1.24. The van der Waals surface area contributed by atoms with E-state index in [4.69, 9.17) is 0 Å². The van der Waals surface area contributed by atoms with Crippen molar-refractivity contribution in [1.29, 1.82) is 0 Å². The maximum atomic E-state index is 13.0. The van der Waals surface area contributed by atoms with Gasteiger partial charge in [-0.05, 0) is 60.9 Å².